The summed E-state index contributed by atoms with van der Waals surface area (Å²) in [6.45, 7) is 8.44. The second-order valence-electron chi connectivity index (χ2n) is 13.6. The van der Waals surface area contributed by atoms with E-state index in [-0.39, 0.29) is 59.4 Å². The standard InChI is InChI=1S/C35H45N5O5S/c1-21(2)15-28-20-45-32-19-31(33-22(3)7-5-8-23(33)4)37-35(38-32)39-46(43,44)30-10-6-9-24(16-30)34(42)40(28)27-17-26(18-27)36-25-11-13-29(41)14-12-25/h5-10,16,19,21,25-29,36,41H,11-15,17-18,20H2,1-4H3,(H,37,38,39)/t25-,26?,27?,28-,29+/m1/s1. The topological polar surface area (TPSA) is 134 Å². The van der Waals surface area contributed by atoms with Crippen LogP contribution in [0.15, 0.2) is 53.4 Å². The smallest absolute Gasteiger partial charge is 0.264 e. The van der Waals surface area contributed by atoms with Crippen LogP contribution in [0.5, 0.6) is 5.88 Å². The highest BCUT2D eigenvalue weighted by Crippen LogP contribution is 2.34. The van der Waals surface area contributed by atoms with Crippen molar-refractivity contribution in [1.82, 2.24) is 20.2 Å². The average Bonchev–Trinajstić information content (AvgIpc) is 2.98. The molecular formula is C35H45N5O5S. The zero-order valence-electron chi connectivity index (χ0n) is 27.1. The number of sulfonamides is 1. The summed E-state index contributed by atoms with van der Waals surface area (Å²) in [5, 5.41) is 13.7. The van der Waals surface area contributed by atoms with Crippen molar-refractivity contribution in [2.75, 3.05) is 11.3 Å². The highest BCUT2D eigenvalue weighted by Gasteiger charge is 2.41. The van der Waals surface area contributed by atoms with E-state index < -0.39 is 10.0 Å². The van der Waals surface area contributed by atoms with Crippen molar-refractivity contribution in [3.8, 4) is 17.1 Å². The molecule has 3 aliphatic rings. The maximum absolute atomic E-state index is 14.4. The highest BCUT2D eigenvalue weighted by molar-refractivity contribution is 7.92. The number of hydrogen-bond donors (Lipinski definition) is 3. The molecule has 1 amide bonds. The van der Waals surface area contributed by atoms with Crippen LogP contribution < -0.4 is 14.8 Å². The minimum Gasteiger partial charge on any atom is -0.475 e. The Morgan fingerprint density at radius 2 is 1.70 bits per heavy atom. The number of ether oxygens (including phenoxy) is 1. The monoisotopic (exact) mass is 647 g/mol. The van der Waals surface area contributed by atoms with Gasteiger partial charge in [0.1, 0.15) is 6.61 Å². The van der Waals surface area contributed by atoms with E-state index in [4.69, 9.17) is 4.74 Å². The number of hydrogen-bond acceptors (Lipinski definition) is 8. The number of benzene rings is 2. The van der Waals surface area contributed by atoms with E-state index >= 15 is 0 Å². The summed E-state index contributed by atoms with van der Waals surface area (Å²) in [4.78, 5) is 25.4. The Labute approximate surface area is 272 Å². The molecule has 1 aromatic heterocycles. The van der Waals surface area contributed by atoms with E-state index in [0.29, 0.717) is 23.7 Å². The molecule has 46 heavy (non-hydrogen) atoms. The summed E-state index contributed by atoms with van der Waals surface area (Å²) in [5.74, 6) is 0.224. The predicted octanol–water partition coefficient (Wildman–Crippen LogP) is 5.23. The molecule has 0 saturated heterocycles. The predicted molar refractivity (Wildman–Crippen MR) is 177 cm³/mol. The molecule has 6 rings (SSSR count). The van der Waals surface area contributed by atoms with E-state index in [1.165, 1.54) is 12.1 Å². The van der Waals surface area contributed by atoms with Gasteiger partial charge in [-0.15, -0.1) is 0 Å². The lowest BCUT2D eigenvalue weighted by molar-refractivity contribution is 0.0181. The van der Waals surface area contributed by atoms with Gasteiger partial charge in [0.25, 0.3) is 15.9 Å². The van der Waals surface area contributed by atoms with Crippen LogP contribution in [0, 0.1) is 19.8 Å². The van der Waals surface area contributed by atoms with Gasteiger partial charge in [-0.2, -0.15) is 4.98 Å². The quantitative estimate of drug-likeness (QED) is 0.331. The highest BCUT2D eigenvalue weighted by atomic mass is 32.2. The zero-order chi connectivity index (χ0) is 32.6. The fourth-order valence-electron chi connectivity index (χ4n) is 7.16. The number of anilines is 1. The van der Waals surface area contributed by atoms with Gasteiger partial charge in [0, 0.05) is 35.3 Å². The van der Waals surface area contributed by atoms with Gasteiger partial charge in [-0.1, -0.05) is 38.1 Å². The molecule has 0 spiro atoms. The Balaban J connectivity index is 1.37. The molecule has 2 heterocycles. The van der Waals surface area contributed by atoms with Crippen LogP contribution in [0.4, 0.5) is 5.95 Å². The Kier molecular flexibility index (Phi) is 9.36. The summed E-state index contributed by atoms with van der Waals surface area (Å²) in [6.07, 6.45) is 5.64. The number of amides is 1. The van der Waals surface area contributed by atoms with Crippen LogP contribution in [0.2, 0.25) is 0 Å². The minimum atomic E-state index is -4.12. The number of nitrogens with zero attached hydrogens (tertiary/aromatic N) is 3. The number of carbonyl (C=O) groups excluding carboxylic acids is 1. The van der Waals surface area contributed by atoms with Crippen LogP contribution in [0.1, 0.15) is 80.3 Å². The first-order valence-electron chi connectivity index (χ1n) is 16.4. The van der Waals surface area contributed by atoms with Gasteiger partial charge in [0.05, 0.1) is 22.7 Å². The summed E-state index contributed by atoms with van der Waals surface area (Å²) in [7, 11) is -4.12. The maximum Gasteiger partial charge on any atom is 0.264 e. The first-order valence-corrected chi connectivity index (χ1v) is 17.9. The SMILES string of the molecule is Cc1cccc(C)c1-c1cc2nc(n1)NS(=O)(=O)c1cccc(c1)C(=O)N(C1CC(N[C@H]3CC[C@@H](O)CC3)C1)[C@H](CC(C)C)CO2. The third-order valence-electron chi connectivity index (χ3n) is 9.53. The molecule has 10 nitrogen and oxygen atoms in total. The third kappa shape index (κ3) is 7.06. The molecule has 3 aromatic rings. The summed E-state index contributed by atoms with van der Waals surface area (Å²) >= 11 is 0. The van der Waals surface area contributed by atoms with Crippen molar-refractivity contribution in [2.45, 2.75) is 108 Å². The molecule has 2 aromatic carbocycles. The molecule has 11 heteroatoms. The van der Waals surface area contributed by atoms with Gasteiger partial charge < -0.3 is 20.1 Å². The van der Waals surface area contributed by atoms with Crippen molar-refractivity contribution in [1.29, 1.82) is 0 Å². The van der Waals surface area contributed by atoms with Crippen molar-refractivity contribution >= 4 is 21.9 Å². The fraction of sp³-hybridized carbons (Fsp3) is 0.514. The number of rotatable bonds is 6. The summed E-state index contributed by atoms with van der Waals surface area (Å²) in [5.41, 5.74) is 3.75. The van der Waals surface area contributed by atoms with Gasteiger partial charge >= 0.3 is 0 Å². The van der Waals surface area contributed by atoms with Gasteiger partial charge in [0.2, 0.25) is 11.8 Å². The lowest BCUT2D eigenvalue weighted by Crippen LogP contribution is -2.60. The Hall–Kier alpha value is -3.54. The first kappa shape index (κ1) is 32.4. The molecule has 1 aliphatic heterocycles. The Morgan fingerprint density at radius 3 is 2.39 bits per heavy atom. The molecule has 2 saturated carbocycles. The normalized spacial score (nSPS) is 26.2. The number of carbonyl (C=O) groups is 1. The van der Waals surface area contributed by atoms with Crippen molar-refractivity contribution in [3.63, 3.8) is 0 Å². The number of aliphatic hydroxyl groups excluding tert-OH is 1. The average molecular weight is 648 g/mol. The molecule has 2 aliphatic carbocycles. The largest absolute Gasteiger partial charge is 0.475 e. The second kappa shape index (κ2) is 13.3. The molecular weight excluding hydrogens is 602 g/mol. The van der Waals surface area contributed by atoms with E-state index in [2.05, 4.69) is 33.9 Å². The van der Waals surface area contributed by atoms with Crippen LogP contribution in [-0.4, -0.2) is 71.2 Å². The molecule has 0 radical (unpaired) electrons. The van der Waals surface area contributed by atoms with Crippen LogP contribution in [-0.2, 0) is 10.0 Å². The van der Waals surface area contributed by atoms with Crippen molar-refractivity contribution < 1.29 is 23.1 Å². The van der Waals surface area contributed by atoms with Gasteiger partial charge in [0.15, 0.2) is 0 Å². The summed E-state index contributed by atoms with van der Waals surface area (Å²) in [6, 6.07) is 14.3. The van der Waals surface area contributed by atoms with Gasteiger partial charge in [-0.05, 0) is 94.0 Å². The van der Waals surface area contributed by atoms with Gasteiger partial charge in [-0.25, -0.2) is 18.1 Å². The lowest BCUT2D eigenvalue weighted by atomic mass is 9.81. The molecule has 2 fully saturated rings. The van der Waals surface area contributed by atoms with Crippen LogP contribution in [0.3, 0.4) is 0 Å². The first-order chi connectivity index (χ1) is 22.0. The number of aryl methyl sites for hydroxylation is 2. The molecule has 246 valence electrons. The van der Waals surface area contributed by atoms with Crippen molar-refractivity contribution in [2.24, 2.45) is 5.92 Å². The number of aliphatic hydroxyl groups is 1. The number of nitrogens with one attached hydrogen (secondary N) is 2. The number of aromatic nitrogens is 2. The minimum absolute atomic E-state index is 0.0267. The van der Waals surface area contributed by atoms with Crippen LogP contribution in [0.25, 0.3) is 11.3 Å². The Morgan fingerprint density at radius 1 is 1.00 bits per heavy atom. The van der Waals surface area contributed by atoms with Crippen LogP contribution >= 0.6 is 0 Å². The third-order valence-corrected chi connectivity index (χ3v) is 10.9. The number of fused-ring (bicyclic) bond motifs is 4. The van der Waals surface area contributed by atoms with Crippen molar-refractivity contribution in [3.05, 3.63) is 65.2 Å². The van der Waals surface area contributed by atoms with E-state index in [9.17, 15) is 18.3 Å². The van der Waals surface area contributed by atoms with E-state index in [0.717, 1.165) is 55.2 Å². The molecule has 0 unspecified atom stereocenters. The second-order valence-corrected chi connectivity index (χ2v) is 15.3. The maximum atomic E-state index is 14.4. The lowest BCUT2D eigenvalue weighted by Gasteiger charge is -2.48. The fourth-order valence-corrected chi connectivity index (χ4v) is 8.15. The van der Waals surface area contributed by atoms with Gasteiger partial charge in [-0.3, -0.25) is 4.79 Å². The molecule has 3 N–H and O–H groups in total. The van der Waals surface area contributed by atoms with E-state index in [1.807, 2.05) is 36.9 Å². The molecule has 1 atom stereocenters. The zero-order valence-corrected chi connectivity index (χ0v) is 27.9. The Bertz CT molecular complexity index is 1660. The van der Waals surface area contributed by atoms with E-state index in [1.54, 1.807) is 18.2 Å². The summed E-state index contributed by atoms with van der Waals surface area (Å²) < 4.78 is 36.2. The molecule has 4 bridgehead atoms.